The van der Waals surface area contributed by atoms with E-state index in [1.54, 1.807) is 28.7 Å². The summed E-state index contributed by atoms with van der Waals surface area (Å²) in [6, 6.07) is 5.67. The van der Waals surface area contributed by atoms with Crippen LogP contribution < -0.4 is 5.56 Å². The Morgan fingerprint density at radius 3 is 2.39 bits per heavy atom. The summed E-state index contributed by atoms with van der Waals surface area (Å²) in [7, 11) is 3.89. The standard InChI is InChI=1S/C23H30F2N4O2/c1-16-7-8-29(17(2)14-26(3)4)23(31)21(16)22(30)28-11-9-27(10-12-28)15-18-5-6-19(24)20(25)13-18/h5-8,13,17H,9-12,14-15H2,1-4H3. The Labute approximate surface area is 181 Å². The molecule has 31 heavy (non-hydrogen) atoms. The number of carbonyl (C=O) groups is 1. The maximum absolute atomic E-state index is 13.4. The van der Waals surface area contributed by atoms with Gasteiger partial charge in [0.05, 0.1) is 0 Å². The first-order chi connectivity index (χ1) is 14.7. The predicted molar refractivity (Wildman–Crippen MR) is 116 cm³/mol. The Hall–Kier alpha value is -2.58. The molecule has 1 saturated heterocycles. The molecule has 0 aliphatic carbocycles. The van der Waals surface area contributed by atoms with Crippen LogP contribution >= 0.6 is 0 Å². The van der Waals surface area contributed by atoms with E-state index in [-0.39, 0.29) is 23.1 Å². The van der Waals surface area contributed by atoms with Gasteiger partial charge in [-0.05, 0) is 57.3 Å². The fourth-order valence-electron chi connectivity index (χ4n) is 4.03. The van der Waals surface area contributed by atoms with Gasteiger partial charge in [-0.1, -0.05) is 6.07 Å². The molecular formula is C23H30F2N4O2. The number of hydrogen-bond acceptors (Lipinski definition) is 4. The van der Waals surface area contributed by atoms with Crippen molar-refractivity contribution in [1.29, 1.82) is 0 Å². The van der Waals surface area contributed by atoms with E-state index in [0.29, 0.717) is 50.4 Å². The van der Waals surface area contributed by atoms with Gasteiger partial charge in [0.15, 0.2) is 11.6 Å². The van der Waals surface area contributed by atoms with Crippen molar-refractivity contribution in [3.8, 4) is 0 Å². The van der Waals surface area contributed by atoms with Crippen LogP contribution in [0.15, 0.2) is 35.3 Å². The van der Waals surface area contributed by atoms with Gasteiger partial charge in [0.2, 0.25) is 0 Å². The normalized spacial score (nSPS) is 16.0. The first-order valence-electron chi connectivity index (χ1n) is 10.5. The molecule has 0 saturated carbocycles. The summed E-state index contributed by atoms with van der Waals surface area (Å²) >= 11 is 0. The number of nitrogens with zero attached hydrogens (tertiary/aromatic N) is 4. The third kappa shape index (κ3) is 5.37. The predicted octanol–water partition coefficient (Wildman–Crippen LogP) is 2.52. The van der Waals surface area contributed by atoms with Crippen LogP contribution in [-0.4, -0.2) is 72.0 Å². The van der Waals surface area contributed by atoms with Crippen LogP contribution in [0, 0.1) is 18.6 Å². The van der Waals surface area contributed by atoms with Crippen LogP contribution in [0.3, 0.4) is 0 Å². The number of hydrogen-bond donors (Lipinski definition) is 0. The van der Waals surface area contributed by atoms with E-state index >= 15 is 0 Å². The van der Waals surface area contributed by atoms with Crippen molar-refractivity contribution in [2.45, 2.75) is 26.4 Å². The Balaban J connectivity index is 1.69. The van der Waals surface area contributed by atoms with Gasteiger partial charge in [0.25, 0.3) is 11.5 Å². The highest BCUT2D eigenvalue weighted by Gasteiger charge is 2.26. The van der Waals surface area contributed by atoms with Gasteiger partial charge in [-0.25, -0.2) is 8.78 Å². The van der Waals surface area contributed by atoms with E-state index < -0.39 is 11.6 Å². The largest absolute Gasteiger partial charge is 0.336 e. The van der Waals surface area contributed by atoms with Crippen molar-refractivity contribution in [3.05, 3.63) is 69.1 Å². The van der Waals surface area contributed by atoms with Crippen molar-refractivity contribution in [3.63, 3.8) is 0 Å². The van der Waals surface area contributed by atoms with Gasteiger partial charge in [-0.2, -0.15) is 0 Å². The molecule has 1 unspecified atom stereocenters. The SMILES string of the molecule is Cc1ccn(C(C)CN(C)C)c(=O)c1C(=O)N1CCN(Cc2ccc(F)c(F)c2)CC1. The molecule has 1 aromatic carbocycles. The van der Waals surface area contributed by atoms with E-state index in [1.165, 1.54) is 6.07 Å². The summed E-state index contributed by atoms with van der Waals surface area (Å²) in [5.41, 5.74) is 1.33. The van der Waals surface area contributed by atoms with Crippen molar-refractivity contribution >= 4 is 5.91 Å². The third-order valence-electron chi connectivity index (χ3n) is 5.70. The van der Waals surface area contributed by atoms with Gasteiger partial charge < -0.3 is 14.4 Å². The van der Waals surface area contributed by atoms with Crippen LogP contribution in [-0.2, 0) is 6.54 Å². The van der Waals surface area contributed by atoms with E-state index in [4.69, 9.17) is 0 Å². The molecule has 168 valence electrons. The van der Waals surface area contributed by atoms with Gasteiger partial charge in [-0.3, -0.25) is 14.5 Å². The van der Waals surface area contributed by atoms with Crippen LogP contribution in [0.2, 0.25) is 0 Å². The Morgan fingerprint density at radius 2 is 1.77 bits per heavy atom. The molecule has 1 atom stereocenters. The maximum Gasteiger partial charge on any atom is 0.263 e. The lowest BCUT2D eigenvalue weighted by Gasteiger charge is -2.35. The second-order valence-electron chi connectivity index (χ2n) is 8.51. The highest BCUT2D eigenvalue weighted by molar-refractivity contribution is 5.95. The summed E-state index contributed by atoms with van der Waals surface area (Å²) in [5, 5.41) is 0. The van der Waals surface area contributed by atoms with Crippen molar-refractivity contribution < 1.29 is 13.6 Å². The number of aromatic nitrogens is 1. The van der Waals surface area contributed by atoms with Crippen molar-refractivity contribution in [1.82, 2.24) is 19.3 Å². The van der Waals surface area contributed by atoms with Gasteiger partial charge in [0.1, 0.15) is 5.56 Å². The highest BCUT2D eigenvalue weighted by Crippen LogP contribution is 2.15. The fraction of sp³-hybridized carbons (Fsp3) is 0.478. The number of likely N-dealkylation sites (N-methyl/N-ethyl adjacent to an activating group) is 1. The first-order valence-corrected chi connectivity index (χ1v) is 10.5. The smallest absolute Gasteiger partial charge is 0.263 e. The summed E-state index contributed by atoms with van der Waals surface area (Å²) in [6.07, 6.45) is 1.75. The average molecular weight is 433 g/mol. The zero-order valence-electron chi connectivity index (χ0n) is 18.6. The summed E-state index contributed by atoms with van der Waals surface area (Å²) in [4.78, 5) is 32.1. The van der Waals surface area contributed by atoms with Crippen molar-refractivity contribution in [2.75, 3.05) is 46.8 Å². The molecule has 0 N–H and O–H groups in total. The lowest BCUT2D eigenvalue weighted by molar-refractivity contribution is 0.0625. The molecule has 0 radical (unpaired) electrons. The lowest BCUT2D eigenvalue weighted by Crippen LogP contribution is -2.49. The molecule has 0 bridgehead atoms. The first kappa shape index (κ1) is 23.1. The minimum Gasteiger partial charge on any atom is -0.336 e. The van der Waals surface area contributed by atoms with Gasteiger partial charge >= 0.3 is 0 Å². The van der Waals surface area contributed by atoms with E-state index in [9.17, 15) is 18.4 Å². The maximum atomic E-state index is 13.4. The Morgan fingerprint density at radius 1 is 1.10 bits per heavy atom. The van der Waals surface area contributed by atoms with E-state index in [0.717, 1.165) is 6.07 Å². The molecule has 0 spiro atoms. The number of pyridine rings is 1. The van der Waals surface area contributed by atoms with Crippen LogP contribution in [0.4, 0.5) is 8.78 Å². The van der Waals surface area contributed by atoms with Crippen LogP contribution in [0.1, 0.15) is 34.5 Å². The Kier molecular flexibility index (Phi) is 7.23. The molecule has 3 rings (SSSR count). The molecule has 1 amide bonds. The van der Waals surface area contributed by atoms with Crippen molar-refractivity contribution in [2.24, 2.45) is 0 Å². The molecule has 1 aromatic heterocycles. The molecule has 1 aliphatic heterocycles. The Bertz CT molecular complexity index is 998. The molecule has 1 fully saturated rings. The second-order valence-corrected chi connectivity index (χ2v) is 8.51. The summed E-state index contributed by atoms with van der Waals surface area (Å²) in [6.45, 7) is 7.07. The molecule has 2 aromatic rings. The highest BCUT2D eigenvalue weighted by atomic mass is 19.2. The quantitative estimate of drug-likeness (QED) is 0.704. The molecule has 2 heterocycles. The number of benzene rings is 1. The number of amides is 1. The van der Waals surface area contributed by atoms with E-state index in [2.05, 4.69) is 4.90 Å². The number of rotatable bonds is 6. The lowest BCUT2D eigenvalue weighted by atomic mass is 10.1. The minimum absolute atomic E-state index is 0.0531. The van der Waals surface area contributed by atoms with Gasteiger partial charge in [0, 0.05) is 51.5 Å². The summed E-state index contributed by atoms with van der Waals surface area (Å²) < 4.78 is 28.2. The average Bonchev–Trinajstić information content (AvgIpc) is 2.70. The zero-order valence-corrected chi connectivity index (χ0v) is 18.6. The molecular weight excluding hydrogens is 402 g/mol. The van der Waals surface area contributed by atoms with E-state index in [1.807, 2.05) is 32.0 Å². The third-order valence-corrected chi connectivity index (χ3v) is 5.70. The number of carbonyl (C=O) groups excluding carboxylic acids is 1. The minimum atomic E-state index is -0.858. The number of aryl methyl sites for hydroxylation is 1. The monoisotopic (exact) mass is 432 g/mol. The fourth-order valence-corrected chi connectivity index (χ4v) is 4.03. The molecule has 1 aliphatic rings. The summed E-state index contributed by atoms with van der Waals surface area (Å²) in [5.74, 6) is -1.96. The second kappa shape index (κ2) is 9.70. The van der Waals surface area contributed by atoms with Gasteiger partial charge in [-0.15, -0.1) is 0 Å². The molecule has 8 heteroatoms. The zero-order chi connectivity index (χ0) is 22.7. The molecule has 6 nitrogen and oxygen atoms in total. The van der Waals surface area contributed by atoms with Crippen LogP contribution in [0.25, 0.3) is 0 Å². The number of piperazine rings is 1. The topological polar surface area (TPSA) is 48.8 Å². The van der Waals surface area contributed by atoms with Crippen LogP contribution in [0.5, 0.6) is 0 Å². The number of halogens is 2.